The van der Waals surface area contributed by atoms with Crippen LogP contribution in [0.15, 0.2) is 36.6 Å². The summed E-state index contributed by atoms with van der Waals surface area (Å²) in [5.74, 6) is 0.669. The number of allylic oxidation sites excluding steroid dienone is 3. The van der Waals surface area contributed by atoms with E-state index in [-0.39, 0.29) is 0 Å². The summed E-state index contributed by atoms with van der Waals surface area (Å²) in [7, 11) is 1.61. The van der Waals surface area contributed by atoms with Crippen LogP contribution in [0, 0.1) is 0 Å². The highest BCUT2D eigenvalue weighted by Crippen LogP contribution is 2.04. The molecule has 0 spiro atoms. The monoisotopic (exact) mass is 212 g/mol. The summed E-state index contributed by atoms with van der Waals surface area (Å²) in [5.41, 5.74) is 1.12. The number of ether oxygens (including phenoxy) is 1. The van der Waals surface area contributed by atoms with Gasteiger partial charge in [-0.15, -0.1) is 0 Å². The fraction of sp³-hybridized carbons (Fsp3) is 0.571. The van der Waals surface area contributed by atoms with Crippen LogP contribution < -0.4 is 0 Å². The molecule has 0 radical (unpaired) electrons. The molecule has 0 aromatic rings. The molecule has 0 atom stereocenters. The van der Waals surface area contributed by atoms with E-state index < -0.39 is 0 Å². The van der Waals surface area contributed by atoms with Crippen LogP contribution in [0.5, 0.6) is 0 Å². The first-order chi connectivity index (χ1) is 7.20. The first-order valence-corrected chi connectivity index (χ1v) is 5.79. The zero-order chi connectivity index (χ0) is 12.7. The van der Waals surface area contributed by atoms with Gasteiger partial charge in [0.25, 0.3) is 0 Å². The first kappa shape index (κ1) is 19.6. The molecule has 0 aliphatic heterocycles. The van der Waals surface area contributed by atoms with E-state index in [0.29, 0.717) is 5.76 Å². The van der Waals surface area contributed by atoms with Crippen LogP contribution in [0.25, 0.3) is 0 Å². The van der Waals surface area contributed by atoms with E-state index in [4.69, 9.17) is 4.74 Å². The lowest BCUT2D eigenvalue weighted by Gasteiger charge is -1.97. The highest BCUT2D eigenvalue weighted by Gasteiger charge is 1.86. The van der Waals surface area contributed by atoms with Crippen LogP contribution in [-0.2, 0) is 4.74 Å². The molecule has 0 saturated carbocycles. The van der Waals surface area contributed by atoms with Crippen LogP contribution >= 0.6 is 0 Å². The van der Waals surface area contributed by atoms with Gasteiger partial charge in [-0.3, -0.25) is 0 Å². The van der Waals surface area contributed by atoms with Gasteiger partial charge in [0.2, 0.25) is 0 Å². The normalized spacial score (nSPS) is 8.13. The van der Waals surface area contributed by atoms with Crippen molar-refractivity contribution < 1.29 is 4.74 Å². The molecule has 90 valence electrons. The molecule has 1 nitrogen and oxygen atoms in total. The Balaban J connectivity index is -0.000000318. The molecule has 0 heterocycles. The first-order valence-electron chi connectivity index (χ1n) is 5.79. The molecule has 0 aliphatic carbocycles. The van der Waals surface area contributed by atoms with Gasteiger partial charge in [0.05, 0.1) is 7.11 Å². The van der Waals surface area contributed by atoms with Crippen molar-refractivity contribution in [2.45, 2.75) is 47.5 Å². The van der Waals surface area contributed by atoms with Gasteiger partial charge in [0.15, 0.2) is 0 Å². The van der Waals surface area contributed by atoms with E-state index in [9.17, 15) is 0 Å². The predicted octanol–water partition coefficient (Wildman–Crippen LogP) is 5.11. The lowest BCUT2D eigenvalue weighted by molar-refractivity contribution is 0.309. The Morgan fingerprint density at radius 3 is 1.87 bits per heavy atom. The lowest BCUT2D eigenvalue weighted by Crippen LogP contribution is -1.79. The molecule has 0 saturated heterocycles. The molecule has 1 heteroatoms. The summed E-state index contributed by atoms with van der Waals surface area (Å²) < 4.78 is 4.86. The Kier molecular flexibility index (Phi) is 24.4. The largest absolute Gasteiger partial charge is 0.497 e. The van der Waals surface area contributed by atoms with Gasteiger partial charge in [-0.2, -0.15) is 0 Å². The molecule has 0 aromatic carbocycles. The Hall–Kier alpha value is -0.980. The quantitative estimate of drug-likeness (QED) is 0.454. The summed E-state index contributed by atoms with van der Waals surface area (Å²) in [6, 6.07) is 0. The summed E-state index contributed by atoms with van der Waals surface area (Å²) in [6.45, 7) is 17.7. The number of rotatable bonds is 5. The van der Waals surface area contributed by atoms with E-state index in [0.717, 1.165) is 18.4 Å². The number of hydrogen-bond acceptors (Lipinski definition) is 1. The number of hydrogen-bond donors (Lipinski definition) is 0. The third-order valence-electron chi connectivity index (χ3n) is 1.34. The fourth-order valence-corrected chi connectivity index (χ4v) is 0.683. The summed E-state index contributed by atoms with van der Waals surface area (Å²) >= 11 is 0. The van der Waals surface area contributed by atoms with E-state index in [2.05, 4.69) is 20.1 Å². The maximum atomic E-state index is 4.86. The summed E-state index contributed by atoms with van der Waals surface area (Å²) in [5, 5.41) is 0. The zero-order valence-corrected chi connectivity index (χ0v) is 11.4. The van der Waals surface area contributed by atoms with Gasteiger partial charge < -0.3 is 4.74 Å². The summed E-state index contributed by atoms with van der Waals surface area (Å²) in [4.78, 5) is 0. The second kappa shape index (κ2) is 18.7. The maximum absolute atomic E-state index is 4.86. The molecule has 0 rings (SSSR count). The molecule has 0 N–H and O–H groups in total. The minimum Gasteiger partial charge on any atom is -0.497 e. The minimum absolute atomic E-state index is 0.669. The standard InChI is InChI=1S/C10H16O.2C2H6/c1-5-6-9(2)7-8-10(3)11-4;2*1-2/h7-8H,2-3,5-6H2,1,4H3;2*1-2H3/b8-7-;;. The van der Waals surface area contributed by atoms with Crippen molar-refractivity contribution in [1.82, 2.24) is 0 Å². The molecule has 15 heavy (non-hydrogen) atoms. The van der Waals surface area contributed by atoms with Crippen molar-refractivity contribution in [3.8, 4) is 0 Å². The average Bonchev–Trinajstić information content (AvgIpc) is 2.31. The van der Waals surface area contributed by atoms with Crippen molar-refractivity contribution in [2.24, 2.45) is 0 Å². The topological polar surface area (TPSA) is 9.23 Å². The average molecular weight is 212 g/mol. The van der Waals surface area contributed by atoms with Gasteiger partial charge in [-0.25, -0.2) is 0 Å². The smallest absolute Gasteiger partial charge is 0.111 e. The van der Waals surface area contributed by atoms with Crippen LogP contribution in [-0.4, -0.2) is 7.11 Å². The van der Waals surface area contributed by atoms with E-state index >= 15 is 0 Å². The minimum atomic E-state index is 0.669. The van der Waals surface area contributed by atoms with E-state index in [1.807, 2.05) is 39.8 Å². The molecular weight excluding hydrogens is 184 g/mol. The van der Waals surface area contributed by atoms with Crippen LogP contribution in [0.3, 0.4) is 0 Å². The van der Waals surface area contributed by atoms with E-state index in [1.165, 1.54) is 0 Å². The van der Waals surface area contributed by atoms with Crippen LogP contribution in [0.1, 0.15) is 47.5 Å². The van der Waals surface area contributed by atoms with Crippen LogP contribution in [0.4, 0.5) is 0 Å². The van der Waals surface area contributed by atoms with Crippen LogP contribution in [0.2, 0.25) is 0 Å². The zero-order valence-electron chi connectivity index (χ0n) is 11.4. The van der Waals surface area contributed by atoms with Gasteiger partial charge in [0, 0.05) is 0 Å². The van der Waals surface area contributed by atoms with Crippen molar-refractivity contribution in [3.05, 3.63) is 36.6 Å². The molecule has 0 fully saturated rings. The Bertz CT molecular complexity index is 166. The second-order valence-corrected chi connectivity index (χ2v) is 2.41. The van der Waals surface area contributed by atoms with Gasteiger partial charge in [0.1, 0.15) is 5.76 Å². The lowest BCUT2D eigenvalue weighted by atomic mass is 10.1. The Labute approximate surface area is 96.5 Å². The van der Waals surface area contributed by atoms with Crippen molar-refractivity contribution in [2.75, 3.05) is 7.11 Å². The third-order valence-corrected chi connectivity index (χ3v) is 1.34. The van der Waals surface area contributed by atoms with Crippen molar-refractivity contribution >= 4 is 0 Å². The predicted molar refractivity (Wildman–Crippen MR) is 72.0 cm³/mol. The van der Waals surface area contributed by atoms with Gasteiger partial charge >= 0.3 is 0 Å². The van der Waals surface area contributed by atoms with E-state index in [1.54, 1.807) is 7.11 Å². The fourth-order valence-electron chi connectivity index (χ4n) is 0.683. The SMILES string of the molecule is C=C(/C=C\C(=C)OC)CCC.CC.CC. The Morgan fingerprint density at radius 2 is 1.53 bits per heavy atom. The molecule has 0 aromatic heterocycles. The molecule has 0 unspecified atom stereocenters. The molecule has 0 aliphatic rings. The maximum Gasteiger partial charge on any atom is 0.111 e. The highest BCUT2D eigenvalue weighted by atomic mass is 16.5. The molecule has 0 amide bonds. The highest BCUT2D eigenvalue weighted by molar-refractivity contribution is 5.20. The van der Waals surface area contributed by atoms with Crippen molar-refractivity contribution in [3.63, 3.8) is 0 Å². The third kappa shape index (κ3) is 19.4. The second-order valence-electron chi connectivity index (χ2n) is 2.41. The van der Waals surface area contributed by atoms with Gasteiger partial charge in [-0.1, -0.05) is 65.8 Å². The van der Waals surface area contributed by atoms with Crippen molar-refractivity contribution in [1.29, 1.82) is 0 Å². The summed E-state index contributed by atoms with van der Waals surface area (Å²) in [6.07, 6.45) is 5.93. The number of methoxy groups -OCH3 is 1. The molecule has 0 bridgehead atoms. The molecular formula is C14H28O. The van der Waals surface area contributed by atoms with Gasteiger partial charge in [-0.05, 0) is 12.5 Å². The Morgan fingerprint density at radius 1 is 1.07 bits per heavy atom.